The first-order valence-electron chi connectivity index (χ1n) is 7.15. The first-order chi connectivity index (χ1) is 10.4. The lowest BCUT2D eigenvalue weighted by Crippen LogP contribution is -2.39. The first kappa shape index (κ1) is 20.3. The average Bonchev–Trinajstić information content (AvgIpc) is 2.77. The maximum atomic E-state index is 12.2. The molecule has 1 aromatic carbocycles. The van der Waals surface area contributed by atoms with Crippen LogP contribution >= 0.6 is 12.4 Å². The fourth-order valence-electron chi connectivity index (χ4n) is 2.22. The molecule has 0 saturated carbocycles. The van der Waals surface area contributed by atoms with Crippen LogP contribution in [0.1, 0.15) is 6.42 Å². The highest BCUT2D eigenvalue weighted by atomic mass is 35.5. The third kappa shape index (κ3) is 6.02. The van der Waals surface area contributed by atoms with E-state index < -0.39 is 20.0 Å². The van der Waals surface area contributed by atoms with Gasteiger partial charge in [0.05, 0.1) is 10.6 Å². The molecule has 1 aliphatic rings. The standard InChI is InChI=1S/C13H21N3O4S2.ClH/c17-21(18,16-10-4-7-14-8-11-16)12-9-15-22(19,20)13-5-2-1-3-6-13;/h1-3,5-6,14-15H,4,7-12H2;1H. The van der Waals surface area contributed by atoms with Crippen LogP contribution in [0.15, 0.2) is 35.2 Å². The van der Waals surface area contributed by atoms with Crippen LogP contribution < -0.4 is 10.0 Å². The van der Waals surface area contributed by atoms with Gasteiger partial charge in [-0.05, 0) is 25.1 Å². The highest BCUT2D eigenvalue weighted by Crippen LogP contribution is 2.08. The van der Waals surface area contributed by atoms with Crippen LogP contribution in [0, 0.1) is 0 Å². The van der Waals surface area contributed by atoms with Gasteiger partial charge in [-0.15, -0.1) is 12.4 Å². The van der Waals surface area contributed by atoms with Crippen molar-refractivity contribution >= 4 is 32.5 Å². The molecule has 7 nitrogen and oxygen atoms in total. The van der Waals surface area contributed by atoms with E-state index in [2.05, 4.69) is 10.0 Å². The molecule has 23 heavy (non-hydrogen) atoms. The number of hydrogen-bond acceptors (Lipinski definition) is 5. The van der Waals surface area contributed by atoms with Crippen molar-refractivity contribution < 1.29 is 16.8 Å². The van der Waals surface area contributed by atoms with Crippen molar-refractivity contribution in [3.05, 3.63) is 30.3 Å². The SMILES string of the molecule is Cl.O=S(=O)(NCCS(=O)(=O)N1CCCNCC1)c1ccccc1. The number of nitrogens with zero attached hydrogens (tertiary/aromatic N) is 1. The molecule has 0 aromatic heterocycles. The Bertz CT molecular complexity index is 672. The lowest BCUT2D eigenvalue weighted by molar-refractivity contribution is 0.432. The summed E-state index contributed by atoms with van der Waals surface area (Å²) in [5.41, 5.74) is 0. The van der Waals surface area contributed by atoms with Crippen LogP contribution in [-0.2, 0) is 20.0 Å². The molecule has 2 rings (SSSR count). The maximum Gasteiger partial charge on any atom is 0.240 e. The zero-order valence-corrected chi connectivity index (χ0v) is 15.1. The second-order valence-electron chi connectivity index (χ2n) is 5.03. The van der Waals surface area contributed by atoms with Crippen LogP contribution in [0.25, 0.3) is 0 Å². The first-order valence-corrected chi connectivity index (χ1v) is 10.2. The van der Waals surface area contributed by atoms with E-state index in [1.165, 1.54) is 16.4 Å². The Balaban J connectivity index is 0.00000264. The van der Waals surface area contributed by atoms with Gasteiger partial charge >= 0.3 is 0 Å². The minimum atomic E-state index is -3.67. The third-order valence-electron chi connectivity index (χ3n) is 3.40. The highest BCUT2D eigenvalue weighted by Gasteiger charge is 2.23. The number of hydrogen-bond donors (Lipinski definition) is 2. The number of halogens is 1. The van der Waals surface area contributed by atoms with E-state index in [4.69, 9.17) is 0 Å². The molecular weight excluding hydrogens is 362 g/mol. The van der Waals surface area contributed by atoms with Crippen LogP contribution in [0.4, 0.5) is 0 Å². The lowest BCUT2D eigenvalue weighted by Gasteiger charge is -2.19. The Kier molecular flexibility index (Phi) is 7.91. The fourth-order valence-corrected chi connectivity index (χ4v) is 4.79. The normalized spacial score (nSPS) is 17.2. The number of sulfonamides is 2. The molecule has 0 amide bonds. The smallest absolute Gasteiger partial charge is 0.240 e. The number of rotatable bonds is 6. The van der Waals surface area contributed by atoms with Crippen LogP contribution in [0.2, 0.25) is 0 Å². The summed E-state index contributed by atoms with van der Waals surface area (Å²) >= 11 is 0. The van der Waals surface area contributed by atoms with Crippen molar-refractivity contribution in [2.24, 2.45) is 0 Å². The van der Waals surface area contributed by atoms with E-state index in [1.54, 1.807) is 18.2 Å². The summed E-state index contributed by atoms with van der Waals surface area (Å²) in [5.74, 6) is -0.237. The maximum absolute atomic E-state index is 12.2. The second-order valence-corrected chi connectivity index (χ2v) is 8.88. The number of nitrogens with one attached hydrogen (secondary N) is 2. The number of benzene rings is 1. The van der Waals surface area contributed by atoms with Gasteiger partial charge < -0.3 is 5.32 Å². The van der Waals surface area contributed by atoms with Gasteiger partial charge in [-0.2, -0.15) is 0 Å². The summed E-state index contributed by atoms with van der Waals surface area (Å²) in [7, 11) is -7.11. The Morgan fingerprint density at radius 1 is 1.04 bits per heavy atom. The van der Waals surface area contributed by atoms with Gasteiger partial charge in [-0.25, -0.2) is 25.9 Å². The summed E-state index contributed by atoms with van der Waals surface area (Å²) in [4.78, 5) is 0.131. The van der Waals surface area contributed by atoms with E-state index in [-0.39, 0.29) is 29.6 Å². The topological polar surface area (TPSA) is 95.6 Å². The van der Waals surface area contributed by atoms with E-state index >= 15 is 0 Å². The minimum absolute atomic E-state index is 0. The van der Waals surface area contributed by atoms with Crippen LogP contribution in [-0.4, -0.2) is 59.6 Å². The van der Waals surface area contributed by atoms with Gasteiger partial charge in [0, 0.05) is 26.2 Å². The van der Waals surface area contributed by atoms with E-state index in [0.29, 0.717) is 19.6 Å². The van der Waals surface area contributed by atoms with Crippen molar-refractivity contribution in [3.63, 3.8) is 0 Å². The highest BCUT2D eigenvalue weighted by molar-refractivity contribution is 7.90. The van der Waals surface area contributed by atoms with Crippen LogP contribution in [0.3, 0.4) is 0 Å². The molecule has 0 unspecified atom stereocenters. The van der Waals surface area contributed by atoms with Gasteiger partial charge in [0.15, 0.2) is 0 Å². The Labute approximate surface area is 144 Å². The van der Waals surface area contributed by atoms with Gasteiger partial charge in [-0.1, -0.05) is 18.2 Å². The van der Waals surface area contributed by atoms with E-state index in [1.807, 2.05) is 0 Å². The molecule has 0 bridgehead atoms. The summed E-state index contributed by atoms with van der Waals surface area (Å²) in [6.07, 6.45) is 0.759. The molecule has 0 radical (unpaired) electrons. The zero-order chi connectivity index (χ0) is 16.1. The Morgan fingerprint density at radius 2 is 1.74 bits per heavy atom. The molecule has 0 spiro atoms. The predicted molar refractivity (Wildman–Crippen MR) is 91.7 cm³/mol. The van der Waals surface area contributed by atoms with Gasteiger partial charge in [0.1, 0.15) is 0 Å². The Hall–Kier alpha value is -0.710. The van der Waals surface area contributed by atoms with Gasteiger partial charge in [0.25, 0.3) is 0 Å². The lowest BCUT2D eigenvalue weighted by atomic mass is 10.4. The van der Waals surface area contributed by atoms with E-state index in [0.717, 1.165) is 13.0 Å². The third-order valence-corrected chi connectivity index (χ3v) is 6.75. The summed E-state index contributed by atoms with van der Waals surface area (Å²) in [6.45, 7) is 2.18. The summed E-state index contributed by atoms with van der Waals surface area (Å²) < 4.78 is 52.2. The van der Waals surface area contributed by atoms with Crippen molar-refractivity contribution in [1.29, 1.82) is 0 Å². The molecule has 1 saturated heterocycles. The molecule has 1 aromatic rings. The van der Waals surface area contributed by atoms with Crippen LogP contribution in [0.5, 0.6) is 0 Å². The largest absolute Gasteiger partial charge is 0.315 e. The van der Waals surface area contributed by atoms with Gasteiger partial charge in [-0.3, -0.25) is 0 Å². The molecule has 1 aliphatic heterocycles. The molecule has 2 N–H and O–H groups in total. The zero-order valence-electron chi connectivity index (χ0n) is 12.6. The molecule has 0 atom stereocenters. The Morgan fingerprint density at radius 3 is 2.43 bits per heavy atom. The molecule has 132 valence electrons. The molecule has 1 fully saturated rings. The van der Waals surface area contributed by atoms with Gasteiger partial charge in [0.2, 0.25) is 20.0 Å². The molecule has 10 heteroatoms. The molecule has 0 aliphatic carbocycles. The second kappa shape index (κ2) is 8.95. The minimum Gasteiger partial charge on any atom is -0.315 e. The van der Waals surface area contributed by atoms with Crippen molar-refractivity contribution in [2.45, 2.75) is 11.3 Å². The average molecular weight is 384 g/mol. The summed E-state index contributed by atoms with van der Waals surface area (Å²) in [5, 5.41) is 3.13. The predicted octanol–water partition coefficient (Wildman–Crippen LogP) is 0.0118. The van der Waals surface area contributed by atoms with Crippen molar-refractivity contribution in [3.8, 4) is 0 Å². The van der Waals surface area contributed by atoms with Crippen molar-refractivity contribution in [1.82, 2.24) is 14.3 Å². The molecular formula is C13H22ClN3O4S2. The quantitative estimate of drug-likeness (QED) is 0.721. The molecule has 1 heterocycles. The summed E-state index contributed by atoms with van der Waals surface area (Å²) in [6, 6.07) is 7.90. The monoisotopic (exact) mass is 383 g/mol. The fraction of sp³-hybridized carbons (Fsp3) is 0.538. The van der Waals surface area contributed by atoms with Crippen molar-refractivity contribution in [2.75, 3.05) is 38.5 Å². The van der Waals surface area contributed by atoms with E-state index in [9.17, 15) is 16.8 Å².